The van der Waals surface area contributed by atoms with E-state index < -0.39 is 0 Å². The number of carbonyl (C=O) groups excluding carboxylic acids is 1. The van der Waals surface area contributed by atoms with Crippen LogP contribution < -0.4 is 4.74 Å². The molecule has 0 aliphatic rings. The van der Waals surface area contributed by atoms with Gasteiger partial charge in [0.05, 0.1) is 29.9 Å². The Morgan fingerprint density at radius 1 is 1.45 bits per heavy atom. The Hall–Kier alpha value is -1.95. The van der Waals surface area contributed by atoms with E-state index in [0.29, 0.717) is 28.8 Å². The number of aryl methyl sites for hydroxylation is 2. The highest BCUT2D eigenvalue weighted by Gasteiger charge is 2.18. The lowest BCUT2D eigenvalue weighted by molar-refractivity contribution is 0.0985. The lowest BCUT2D eigenvalue weighted by Gasteiger charge is -2.05. The first-order valence-corrected chi connectivity index (χ1v) is 6.55. The molecule has 0 aliphatic heterocycles. The van der Waals surface area contributed by atoms with Crippen LogP contribution in [0.3, 0.4) is 0 Å². The van der Waals surface area contributed by atoms with Gasteiger partial charge in [-0.3, -0.25) is 9.48 Å². The number of hydrogen-bond acceptors (Lipinski definition) is 5. The number of hydrogen-bond donors (Lipinski definition) is 0. The second-order valence-corrected chi connectivity index (χ2v) is 4.59. The Morgan fingerprint density at radius 3 is 2.85 bits per heavy atom. The molecule has 0 amide bonds. The molecule has 0 saturated heterocycles. The van der Waals surface area contributed by atoms with Gasteiger partial charge in [0, 0.05) is 12.6 Å². The average molecular weight is 295 g/mol. The van der Waals surface area contributed by atoms with Crippen molar-refractivity contribution in [3.05, 3.63) is 34.5 Å². The molecule has 6 nitrogen and oxygen atoms in total. The van der Waals surface area contributed by atoms with Crippen molar-refractivity contribution in [3.63, 3.8) is 0 Å². The van der Waals surface area contributed by atoms with Crippen molar-refractivity contribution in [1.29, 1.82) is 0 Å². The number of carbonyl (C=O) groups is 1. The number of ketones is 1. The second kappa shape index (κ2) is 6.00. The minimum Gasteiger partial charge on any atom is -0.481 e. The zero-order chi connectivity index (χ0) is 14.7. The molecule has 2 aromatic heterocycles. The summed E-state index contributed by atoms with van der Waals surface area (Å²) in [6, 6.07) is 1.51. The van der Waals surface area contributed by atoms with Crippen LogP contribution in [0.2, 0.25) is 5.02 Å². The van der Waals surface area contributed by atoms with Gasteiger partial charge in [-0.1, -0.05) is 11.6 Å². The fraction of sp³-hybridized carbons (Fsp3) is 0.385. The SMILES string of the molecule is CCn1nc(C)c(Cl)c1CC(=O)c1cc(OC)ncn1. The molecule has 0 unspecified atom stereocenters. The Balaban J connectivity index is 2.27. The summed E-state index contributed by atoms with van der Waals surface area (Å²) in [5, 5.41) is 4.81. The summed E-state index contributed by atoms with van der Waals surface area (Å²) < 4.78 is 6.71. The first-order chi connectivity index (χ1) is 9.56. The van der Waals surface area contributed by atoms with Crippen LogP contribution in [-0.4, -0.2) is 32.6 Å². The molecule has 20 heavy (non-hydrogen) atoms. The third-order valence-electron chi connectivity index (χ3n) is 2.92. The van der Waals surface area contributed by atoms with Gasteiger partial charge in [-0.15, -0.1) is 0 Å². The van der Waals surface area contributed by atoms with Crippen molar-refractivity contribution in [2.75, 3.05) is 7.11 Å². The average Bonchev–Trinajstić information content (AvgIpc) is 2.75. The van der Waals surface area contributed by atoms with Gasteiger partial charge in [0.25, 0.3) is 0 Å². The minimum absolute atomic E-state index is 0.147. The van der Waals surface area contributed by atoms with E-state index in [-0.39, 0.29) is 12.2 Å². The van der Waals surface area contributed by atoms with Gasteiger partial charge in [-0.25, -0.2) is 9.97 Å². The molecule has 2 rings (SSSR count). The maximum Gasteiger partial charge on any atom is 0.216 e. The van der Waals surface area contributed by atoms with Crippen molar-refractivity contribution in [3.8, 4) is 5.88 Å². The topological polar surface area (TPSA) is 69.9 Å². The van der Waals surface area contributed by atoms with Crippen molar-refractivity contribution < 1.29 is 9.53 Å². The van der Waals surface area contributed by atoms with E-state index in [1.807, 2.05) is 13.8 Å². The van der Waals surface area contributed by atoms with Gasteiger partial charge >= 0.3 is 0 Å². The summed E-state index contributed by atoms with van der Waals surface area (Å²) >= 11 is 6.19. The predicted molar refractivity (Wildman–Crippen MR) is 74.3 cm³/mol. The molecule has 2 heterocycles. The first-order valence-electron chi connectivity index (χ1n) is 6.17. The number of methoxy groups -OCH3 is 1. The number of rotatable bonds is 5. The molecule has 0 spiro atoms. The molecule has 106 valence electrons. The number of nitrogens with zero attached hydrogens (tertiary/aromatic N) is 4. The van der Waals surface area contributed by atoms with Crippen LogP contribution in [0.4, 0.5) is 0 Å². The van der Waals surface area contributed by atoms with Gasteiger partial charge in [-0.2, -0.15) is 5.10 Å². The van der Waals surface area contributed by atoms with Crippen molar-refractivity contribution in [2.24, 2.45) is 0 Å². The fourth-order valence-corrected chi connectivity index (χ4v) is 2.09. The highest BCUT2D eigenvalue weighted by Crippen LogP contribution is 2.22. The lowest BCUT2D eigenvalue weighted by Crippen LogP contribution is -2.11. The normalized spacial score (nSPS) is 10.6. The molecule has 0 radical (unpaired) electrons. The van der Waals surface area contributed by atoms with E-state index in [4.69, 9.17) is 16.3 Å². The fourth-order valence-electron chi connectivity index (χ4n) is 1.88. The molecule has 0 atom stereocenters. The van der Waals surface area contributed by atoms with Gasteiger partial charge in [0.2, 0.25) is 5.88 Å². The third kappa shape index (κ3) is 2.80. The molecular weight excluding hydrogens is 280 g/mol. The van der Waals surface area contributed by atoms with E-state index in [0.717, 1.165) is 5.69 Å². The first kappa shape index (κ1) is 14.5. The van der Waals surface area contributed by atoms with Crippen LogP contribution in [0.15, 0.2) is 12.4 Å². The minimum atomic E-state index is -0.151. The summed E-state index contributed by atoms with van der Waals surface area (Å²) in [5.74, 6) is 0.205. The quantitative estimate of drug-likeness (QED) is 0.790. The van der Waals surface area contributed by atoms with E-state index in [1.165, 1.54) is 19.5 Å². The van der Waals surface area contributed by atoms with Gasteiger partial charge < -0.3 is 4.74 Å². The zero-order valence-electron chi connectivity index (χ0n) is 11.6. The number of ether oxygens (including phenoxy) is 1. The third-order valence-corrected chi connectivity index (χ3v) is 3.41. The zero-order valence-corrected chi connectivity index (χ0v) is 12.3. The molecule has 0 aromatic carbocycles. The largest absolute Gasteiger partial charge is 0.481 e. The molecule has 0 bridgehead atoms. The van der Waals surface area contributed by atoms with Crippen LogP contribution in [0.25, 0.3) is 0 Å². The highest BCUT2D eigenvalue weighted by molar-refractivity contribution is 6.32. The summed E-state index contributed by atoms with van der Waals surface area (Å²) in [6.07, 6.45) is 1.45. The molecule has 0 saturated carbocycles. The Kier molecular flexibility index (Phi) is 4.34. The molecule has 0 aliphatic carbocycles. The summed E-state index contributed by atoms with van der Waals surface area (Å²) in [5.41, 5.74) is 1.72. The van der Waals surface area contributed by atoms with Gasteiger partial charge in [0.15, 0.2) is 5.78 Å². The molecular formula is C13H15ClN4O2. The maximum absolute atomic E-state index is 12.3. The number of Topliss-reactive ketones (excluding diaryl/α,β-unsaturated/α-hetero) is 1. The van der Waals surface area contributed by atoms with Crippen molar-refractivity contribution in [1.82, 2.24) is 19.7 Å². The number of aromatic nitrogens is 4. The Bertz CT molecular complexity index is 639. The second-order valence-electron chi connectivity index (χ2n) is 4.21. The van der Waals surface area contributed by atoms with Crippen LogP contribution in [0, 0.1) is 6.92 Å². The number of halogens is 1. The summed E-state index contributed by atoms with van der Waals surface area (Å²) in [7, 11) is 1.49. The van der Waals surface area contributed by atoms with Gasteiger partial charge in [-0.05, 0) is 13.8 Å². The Labute approximate surface area is 121 Å². The molecule has 2 aromatic rings. The summed E-state index contributed by atoms with van der Waals surface area (Å²) in [6.45, 7) is 4.42. The summed E-state index contributed by atoms with van der Waals surface area (Å²) in [4.78, 5) is 20.1. The molecule has 0 N–H and O–H groups in total. The monoisotopic (exact) mass is 294 g/mol. The van der Waals surface area contributed by atoms with E-state index in [2.05, 4.69) is 15.1 Å². The van der Waals surface area contributed by atoms with E-state index >= 15 is 0 Å². The van der Waals surface area contributed by atoms with Gasteiger partial charge in [0.1, 0.15) is 12.0 Å². The lowest BCUT2D eigenvalue weighted by atomic mass is 10.1. The van der Waals surface area contributed by atoms with E-state index in [1.54, 1.807) is 4.68 Å². The van der Waals surface area contributed by atoms with Crippen molar-refractivity contribution >= 4 is 17.4 Å². The Morgan fingerprint density at radius 2 is 2.20 bits per heavy atom. The smallest absolute Gasteiger partial charge is 0.216 e. The van der Waals surface area contributed by atoms with Crippen LogP contribution >= 0.6 is 11.6 Å². The van der Waals surface area contributed by atoms with Crippen molar-refractivity contribution in [2.45, 2.75) is 26.8 Å². The van der Waals surface area contributed by atoms with E-state index in [9.17, 15) is 4.79 Å². The molecule has 0 fully saturated rings. The molecule has 7 heteroatoms. The van der Waals surface area contributed by atoms with Crippen LogP contribution in [0.5, 0.6) is 5.88 Å². The van der Waals surface area contributed by atoms with Crippen LogP contribution in [-0.2, 0) is 13.0 Å². The predicted octanol–water partition coefficient (Wildman–Crippen LogP) is 2.09. The standard InChI is InChI=1S/C13H15ClN4O2/c1-4-18-10(13(14)8(2)17-18)6-11(19)9-5-12(20-3)16-7-15-9/h5,7H,4,6H2,1-3H3. The van der Waals surface area contributed by atoms with Crippen LogP contribution in [0.1, 0.15) is 28.8 Å². The highest BCUT2D eigenvalue weighted by atomic mass is 35.5. The maximum atomic E-state index is 12.3.